The Morgan fingerprint density at radius 1 is 0.885 bits per heavy atom. The Labute approximate surface area is 152 Å². The van der Waals surface area contributed by atoms with Gasteiger partial charge in [0, 0.05) is 5.56 Å². The fourth-order valence-corrected chi connectivity index (χ4v) is 4.64. The van der Waals surface area contributed by atoms with Gasteiger partial charge in [-0.1, -0.05) is 48.5 Å². The van der Waals surface area contributed by atoms with E-state index in [-0.39, 0.29) is 11.8 Å². The van der Waals surface area contributed by atoms with Crippen LogP contribution in [0.2, 0.25) is 0 Å². The van der Waals surface area contributed by atoms with Crippen molar-refractivity contribution in [1.29, 1.82) is 0 Å². The summed E-state index contributed by atoms with van der Waals surface area (Å²) in [6, 6.07) is 23.3. The third-order valence-electron chi connectivity index (χ3n) is 3.86. The normalized spacial score (nSPS) is 11.8. The maximum Gasteiger partial charge on any atom is 0.306 e. The molecule has 3 aromatic carbocycles. The van der Waals surface area contributed by atoms with Crippen molar-refractivity contribution in [1.82, 2.24) is 15.2 Å². The Morgan fingerprint density at radius 2 is 1.54 bits per heavy atom. The largest absolute Gasteiger partial charge is 0.437 e. The quantitative estimate of drug-likeness (QED) is 0.549. The van der Waals surface area contributed by atoms with E-state index in [2.05, 4.69) is 15.2 Å². The van der Waals surface area contributed by atoms with Crippen LogP contribution in [0.25, 0.3) is 11.4 Å². The minimum Gasteiger partial charge on any atom is -0.437 e. The van der Waals surface area contributed by atoms with Crippen LogP contribution in [-0.4, -0.2) is 15.2 Å². The molecule has 4 rings (SSSR count). The maximum atomic E-state index is 14.0. The molecule has 0 aliphatic carbocycles. The number of benzene rings is 3. The summed E-state index contributed by atoms with van der Waals surface area (Å²) in [5, 5.41) is 7.71. The number of hydrogen-bond donors (Lipinski definition) is 1. The molecule has 0 atom stereocenters. The Hall–Kier alpha value is -3.17. The van der Waals surface area contributed by atoms with Crippen LogP contribution >= 0.6 is 7.37 Å². The van der Waals surface area contributed by atoms with Crippen LogP contribution in [0.1, 0.15) is 1.37 Å². The zero-order valence-electron chi connectivity index (χ0n) is 14.7. The third kappa shape index (κ3) is 3.17. The Bertz CT molecular complexity index is 1040. The van der Waals surface area contributed by atoms with Crippen LogP contribution in [0.15, 0.2) is 91.2 Å². The molecule has 0 saturated carbocycles. The topological polar surface area (TPSA) is 67.9 Å². The molecule has 0 saturated heterocycles. The van der Waals surface area contributed by atoms with Crippen molar-refractivity contribution in [2.75, 3.05) is 0 Å². The predicted octanol–water partition coefficient (Wildman–Crippen LogP) is 3.78. The second kappa shape index (κ2) is 6.98. The molecule has 1 heterocycles. The number of H-pyrrole nitrogens is 1. The van der Waals surface area contributed by atoms with Crippen molar-refractivity contribution in [2.45, 2.75) is 0 Å². The molecule has 0 bridgehead atoms. The van der Waals surface area contributed by atoms with Gasteiger partial charge in [0.2, 0.25) is 0 Å². The van der Waals surface area contributed by atoms with Crippen LogP contribution in [0.4, 0.5) is 0 Å². The Morgan fingerprint density at radius 3 is 2.12 bits per heavy atom. The highest BCUT2D eigenvalue weighted by Gasteiger charge is 2.30. The molecular weight excluding hydrogens is 345 g/mol. The molecule has 0 amide bonds. The van der Waals surface area contributed by atoms with Gasteiger partial charge in [-0.15, -0.1) is 0 Å². The predicted molar refractivity (Wildman–Crippen MR) is 102 cm³/mol. The van der Waals surface area contributed by atoms with E-state index in [1.54, 1.807) is 42.5 Å². The summed E-state index contributed by atoms with van der Waals surface area (Å²) in [5.41, 5.74) is 0.526. The first-order valence-electron chi connectivity index (χ1n) is 8.55. The van der Waals surface area contributed by atoms with Gasteiger partial charge in [-0.3, -0.25) is 9.66 Å². The first-order valence-corrected chi connectivity index (χ1v) is 9.67. The Kier molecular flexibility index (Phi) is 4.06. The van der Waals surface area contributed by atoms with Crippen molar-refractivity contribution < 1.29 is 10.5 Å². The highest BCUT2D eigenvalue weighted by atomic mass is 31.2. The number of hydrogen-bond acceptors (Lipinski definition) is 4. The van der Waals surface area contributed by atoms with Gasteiger partial charge in [0.25, 0.3) is 0 Å². The average molecular weight is 362 g/mol. The fourth-order valence-electron chi connectivity index (χ4n) is 2.62. The van der Waals surface area contributed by atoms with E-state index >= 15 is 0 Å². The lowest BCUT2D eigenvalue weighted by Crippen LogP contribution is -2.20. The fraction of sp³-hybridized carbons (Fsp3) is 0. The number of aromatic nitrogens is 3. The van der Waals surface area contributed by atoms with Gasteiger partial charge in [-0.05, 0) is 36.4 Å². The van der Waals surface area contributed by atoms with Crippen LogP contribution in [-0.2, 0) is 4.57 Å². The van der Waals surface area contributed by atoms with E-state index in [9.17, 15) is 4.57 Å². The first kappa shape index (κ1) is 15.1. The zero-order chi connectivity index (χ0) is 18.7. The summed E-state index contributed by atoms with van der Waals surface area (Å²) in [6.07, 6.45) is 1.38. The second-order valence-corrected chi connectivity index (χ2v) is 7.90. The molecule has 0 aliphatic rings. The van der Waals surface area contributed by atoms with Gasteiger partial charge in [0.15, 0.2) is 5.82 Å². The molecule has 0 radical (unpaired) electrons. The number of nitrogens with one attached hydrogen (secondary N) is 1. The molecule has 5 nitrogen and oxygen atoms in total. The van der Waals surface area contributed by atoms with E-state index in [1.165, 1.54) is 6.33 Å². The van der Waals surface area contributed by atoms with Crippen molar-refractivity contribution in [3.63, 3.8) is 0 Å². The molecule has 1 aromatic heterocycles. The van der Waals surface area contributed by atoms with E-state index in [4.69, 9.17) is 5.89 Å². The lowest BCUT2D eigenvalue weighted by Gasteiger charge is -2.20. The summed E-state index contributed by atoms with van der Waals surface area (Å²) in [4.78, 5) is 4.09. The minimum atomic E-state index is -3.44. The summed E-state index contributed by atoms with van der Waals surface area (Å²) in [6.45, 7) is 0. The van der Waals surface area contributed by atoms with Gasteiger partial charge in [0.05, 0.1) is 12.0 Å². The molecule has 128 valence electrons. The summed E-state index contributed by atoms with van der Waals surface area (Å²) in [7, 11) is -3.44. The molecule has 6 heteroatoms. The molecule has 0 aliphatic heterocycles. The van der Waals surface area contributed by atoms with Crippen molar-refractivity contribution in [3.05, 3.63) is 91.2 Å². The standard InChI is InChI=1S/C20H16N3O2P/c24-26(18-10-3-1-4-11-18,19-12-5-2-6-13-19)25-17-9-7-8-16(14-17)20-21-15-22-23-20/h1-15H,(H,21,22,23)/i14D. The van der Waals surface area contributed by atoms with Crippen molar-refractivity contribution >= 4 is 18.0 Å². The summed E-state index contributed by atoms with van der Waals surface area (Å²) >= 11 is 0. The average Bonchev–Trinajstić information content (AvgIpc) is 3.25. The Balaban J connectivity index is 1.83. The monoisotopic (exact) mass is 362 g/mol. The first-order chi connectivity index (χ1) is 13.2. The number of nitrogens with zero attached hydrogens (tertiary/aromatic N) is 2. The lowest BCUT2D eigenvalue weighted by molar-refractivity contribution is 0.503. The number of aromatic amines is 1. The van der Waals surface area contributed by atoms with Gasteiger partial charge in [0.1, 0.15) is 12.1 Å². The second-order valence-electron chi connectivity index (χ2n) is 5.58. The zero-order valence-corrected chi connectivity index (χ0v) is 14.6. The molecule has 4 aromatic rings. The van der Waals surface area contributed by atoms with Crippen LogP contribution < -0.4 is 15.1 Å². The van der Waals surface area contributed by atoms with E-state index in [1.807, 2.05) is 36.4 Å². The van der Waals surface area contributed by atoms with Gasteiger partial charge < -0.3 is 4.52 Å². The summed E-state index contributed by atoms with van der Waals surface area (Å²) < 4.78 is 28.5. The van der Waals surface area contributed by atoms with Crippen molar-refractivity contribution in [3.8, 4) is 17.1 Å². The highest BCUT2D eigenvalue weighted by Crippen LogP contribution is 2.45. The highest BCUT2D eigenvalue weighted by molar-refractivity contribution is 7.74. The van der Waals surface area contributed by atoms with Gasteiger partial charge >= 0.3 is 7.37 Å². The third-order valence-corrected chi connectivity index (χ3v) is 6.27. The lowest BCUT2D eigenvalue weighted by atomic mass is 10.2. The van der Waals surface area contributed by atoms with Crippen LogP contribution in [0, 0.1) is 0 Å². The molecule has 0 spiro atoms. The van der Waals surface area contributed by atoms with Crippen molar-refractivity contribution in [2.24, 2.45) is 0 Å². The summed E-state index contributed by atoms with van der Waals surface area (Å²) in [5.74, 6) is 0.680. The number of rotatable bonds is 5. The van der Waals surface area contributed by atoms with Gasteiger partial charge in [-0.2, -0.15) is 5.10 Å². The van der Waals surface area contributed by atoms with E-state index in [0.29, 0.717) is 22.0 Å². The smallest absolute Gasteiger partial charge is 0.306 e. The maximum absolute atomic E-state index is 14.0. The van der Waals surface area contributed by atoms with E-state index in [0.717, 1.165) is 0 Å². The molecule has 26 heavy (non-hydrogen) atoms. The minimum absolute atomic E-state index is 0.0985. The van der Waals surface area contributed by atoms with Crippen LogP contribution in [0.3, 0.4) is 0 Å². The molecule has 0 fully saturated rings. The molecular formula is C20H16N3O2P. The van der Waals surface area contributed by atoms with E-state index < -0.39 is 7.37 Å². The van der Waals surface area contributed by atoms with Crippen LogP contribution in [0.5, 0.6) is 5.75 Å². The molecule has 0 unspecified atom stereocenters. The SMILES string of the molecule is [2H]c1c(OP(=O)(c2ccccc2)c2ccccc2)cccc1-c1ncn[nH]1. The molecule has 1 N–H and O–H groups in total. The van der Waals surface area contributed by atoms with Gasteiger partial charge in [-0.25, -0.2) is 4.98 Å².